The molecule has 1 aromatic carbocycles. The molecule has 3 N–H and O–H groups in total. The SMILES string of the molecule is Cc1ccc(Br)c([C@@H](N)CF)c1O. The molecule has 2 nitrogen and oxygen atoms in total. The number of rotatable bonds is 2. The van der Waals surface area contributed by atoms with Crippen molar-refractivity contribution in [2.45, 2.75) is 13.0 Å². The molecule has 0 spiro atoms. The highest BCUT2D eigenvalue weighted by Crippen LogP contribution is 2.33. The van der Waals surface area contributed by atoms with Crippen molar-refractivity contribution in [2.75, 3.05) is 6.67 Å². The summed E-state index contributed by atoms with van der Waals surface area (Å²) >= 11 is 3.22. The Morgan fingerprint density at radius 2 is 2.23 bits per heavy atom. The van der Waals surface area contributed by atoms with Gasteiger partial charge in [-0.15, -0.1) is 0 Å². The van der Waals surface area contributed by atoms with Crippen molar-refractivity contribution in [3.8, 4) is 5.75 Å². The monoisotopic (exact) mass is 247 g/mol. The van der Waals surface area contributed by atoms with Crippen molar-refractivity contribution < 1.29 is 9.50 Å². The topological polar surface area (TPSA) is 46.2 Å². The van der Waals surface area contributed by atoms with E-state index in [2.05, 4.69) is 15.9 Å². The molecule has 0 aliphatic carbocycles. The van der Waals surface area contributed by atoms with Crippen molar-refractivity contribution in [3.05, 3.63) is 27.7 Å². The van der Waals surface area contributed by atoms with E-state index in [0.29, 0.717) is 15.6 Å². The van der Waals surface area contributed by atoms with Gasteiger partial charge in [-0.2, -0.15) is 0 Å². The van der Waals surface area contributed by atoms with Crippen LogP contribution in [0.4, 0.5) is 4.39 Å². The number of halogens is 2. The lowest BCUT2D eigenvalue weighted by Crippen LogP contribution is -2.13. The van der Waals surface area contributed by atoms with Gasteiger partial charge in [-0.25, -0.2) is 4.39 Å². The summed E-state index contributed by atoms with van der Waals surface area (Å²) in [4.78, 5) is 0. The summed E-state index contributed by atoms with van der Waals surface area (Å²) in [5, 5.41) is 9.60. The van der Waals surface area contributed by atoms with Gasteiger partial charge in [0, 0.05) is 10.0 Å². The minimum atomic E-state index is -0.769. The number of phenolic OH excluding ortho intramolecular Hbond substituents is 1. The van der Waals surface area contributed by atoms with Crippen LogP contribution in [-0.4, -0.2) is 11.8 Å². The van der Waals surface area contributed by atoms with Crippen LogP contribution >= 0.6 is 15.9 Å². The highest BCUT2D eigenvalue weighted by Gasteiger charge is 2.15. The number of alkyl halides is 1. The molecule has 1 rings (SSSR count). The Bertz CT molecular complexity index is 317. The molecule has 1 atom stereocenters. The van der Waals surface area contributed by atoms with Crippen LogP contribution in [0.2, 0.25) is 0 Å². The van der Waals surface area contributed by atoms with E-state index >= 15 is 0 Å². The number of aromatic hydroxyl groups is 1. The summed E-state index contributed by atoms with van der Waals surface area (Å²) in [5.74, 6) is 0.0690. The maximum absolute atomic E-state index is 12.3. The second-order valence-electron chi connectivity index (χ2n) is 2.89. The van der Waals surface area contributed by atoms with Gasteiger partial charge in [-0.1, -0.05) is 22.0 Å². The summed E-state index contributed by atoms with van der Waals surface area (Å²) in [6.45, 7) is 1.06. The number of hydrogen-bond acceptors (Lipinski definition) is 2. The van der Waals surface area contributed by atoms with Crippen molar-refractivity contribution in [2.24, 2.45) is 5.73 Å². The third kappa shape index (κ3) is 2.00. The van der Waals surface area contributed by atoms with Gasteiger partial charge < -0.3 is 10.8 Å². The van der Waals surface area contributed by atoms with Gasteiger partial charge in [0.1, 0.15) is 12.4 Å². The molecule has 4 heteroatoms. The van der Waals surface area contributed by atoms with E-state index in [-0.39, 0.29) is 5.75 Å². The minimum Gasteiger partial charge on any atom is -0.507 e. The van der Waals surface area contributed by atoms with Crippen molar-refractivity contribution in [3.63, 3.8) is 0 Å². The zero-order valence-corrected chi connectivity index (χ0v) is 8.81. The highest BCUT2D eigenvalue weighted by atomic mass is 79.9. The molecule has 13 heavy (non-hydrogen) atoms. The largest absolute Gasteiger partial charge is 0.507 e. The van der Waals surface area contributed by atoms with Gasteiger partial charge in [0.15, 0.2) is 0 Å². The van der Waals surface area contributed by atoms with E-state index in [0.717, 1.165) is 0 Å². The first-order chi connectivity index (χ1) is 6.07. The molecule has 0 amide bonds. The Balaban J connectivity index is 3.25. The van der Waals surface area contributed by atoms with Crippen molar-refractivity contribution in [1.82, 2.24) is 0 Å². The third-order valence-corrected chi connectivity index (χ3v) is 2.59. The molecule has 0 aliphatic rings. The lowest BCUT2D eigenvalue weighted by molar-refractivity contribution is 0.412. The number of hydrogen-bond donors (Lipinski definition) is 2. The number of phenols is 1. The van der Waals surface area contributed by atoms with Gasteiger partial charge in [0.2, 0.25) is 0 Å². The molecule has 1 aromatic rings. The van der Waals surface area contributed by atoms with Crippen LogP contribution < -0.4 is 5.73 Å². The molecule has 72 valence electrons. The molecule has 0 bridgehead atoms. The van der Waals surface area contributed by atoms with Crippen LogP contribution in [0.3, 0.4) is 0 Å². The first kappa shape index (κ1) is 10.5. The molecule has 0 radical (unpaired) electrons. The van der Waals surface area contributed by atoms with Crippen LogP contribution in [0.5, 0.6) is 5.75 Å². The summed E-state index contributed by atoms with van der Waals surface area (Å²) in [7, 11) is 0. The van der Waals surface area contributed by atoms with Crippen molar-refractivity contribution >= 4 is 15.9 Å². The van der Waals surface area contributed by atoms with Crippen LogP contribution in [0, 0.1) is 6.92 Å². The maximum Gasteiger partial charge on any atom is 0.124 e. The first-order valence-corrected chi connectivity index (χ1v) is 4.66. The maximum atomic E-state index is 12.3. The standard InChI is InChI=1S/C9H11BrFNO/c1-5-2-3-6(10)8(9(5)13)7(12)4-11/h2-3,7,13H,4,12H2,1H3/t7-/m0/s1. The summed E-state index contributed by atoms with van der Waals surface area (Å²) < 4.78 is 12.9. The molecule has 0 aliphatic heterocycles. The predicted molar refractivity (Wildman–Crippen MR) is 53.4 cm³/mol. The lowest BCUT2D eigenvalue weighted by Gasteiger charge is -2.13. The third-order valence-electron chi connectivity index (χ3n) is 1.90. The highest BCUT2D eigenvalue weighted by molar-refractivity contribution is 9.10. The van der Waals surface area contributed by atoms with Crippen LogP contribution in [0.1, 0.15) is 17.2 Å². The molecular formula is C9H11BrFNO. The molecule has 0 heterocycles. The molecule has 0 aromatic heterocycles. The second kappa shape index (κ2) is 4.07. The number of aryl methyl sites for hydroxylation is 1. The summed E-state index contributed by atoms with van der Waals surface area (Å²) in [6, 6.07) is 2.72. The second-order valence-corrected chi connectivity index (χ2v) is 3.74. The van der Waals surface area contributed by atoms with Gasteiger partial charge in [-0.05, 0) is 18.6 Å². The fraction of sp³-hybridized carbons (Fsp3) is 0.333. The Labute approximate surface area is 84.7 Å². The zero-order chi connectivity index (χ0) is 10.0. The molecule has 0 saturated heterocycles. The first-order valence-electron chi connectivity index (χ1n) is 3.87. The Kier molecular flexibility index (Phi) is 3.27. The Hall–Kier alpha value is -0.610. The quantitative estimate of drug-likeness (QED) is 0.844. The van der Waals surface area contributed by atoms with Gasteiger partial charge >= 0.3 is 0 Å². The van der Waals surface area contributed by atoms with Crippen LogP contribution in [0.15, 0.2) is 16.6 Å². The smallest absolute Gasteiger partial charge is 0.124 e. The predicted octanol–water partition coefficient (Wildman–Crippen LogP) is 2.43. The van der Waals surface area contributed by atoms with Crippen LogP contribution in [-0.2, 0) is 0 Å². The molecular weight excluding hydrogens is 237 g/mol. The van der Waals surface area contributed by atoms with E-state index in [4.69, 9.17) is 5.73 Å². The average Bonchev–Trinajstić information content (AvgIpc) is 2.12. The summed E-state index contributed by atoms with van der Waals surface area (Å²) in [6.07, 6.45) is 0. The molecule has 0 saturated carbocycles. The Morgan fingerprint density at radius 3 is 2.77 bits per heavy atom. The molecule has 0 fully saturated rings. The zero-order valence-electron chi connectivity index (χ0n) is 7.22. The Morgan fingerprint density at radius 1 is 1.62 bits per heavy atom. The number of benzene rings is 1. The lowest BCUT2D eigenvalue weighted by atomic mass is 10.0. The molecule has 0 unspecified atom stereocenters. The minimum absolute atomic E-state index is 0.0690. The van der Waals surface area contributed by atoms with E-state index in [9.17, 15) is 9.50 Å². The van der Waals surface area contributed by atoms with E-state index in [1.54, 1.807) is 19.1 Å². The fourth-order valence-corrected chi connectivity index (χ4v) is 1.74. The fourth-order valence-electron chi connectivity index (χ4n) is 1.12. The van der Waals surface area contributed by atoms with Crippen molar-refractivity contribution in [1.29, 1.82) is 0 Å². The van der Waals surface area contributed by atoms with E-state index < -0.39 is 12.7 Å². The van der Waals surface area contributed by atoms with Gasteiger partial charge in [0.25, 0.3) is 0 Å². The van der Waals surface area contributed by atoms with E-state index in [1.807, 2.05) is 0 Å². The van der Waals surface area contributed by atoms with Gasteiger partial charge in [-0.3, -0.25) is 0 Å². The number of nitrogens with two attached hydrogens (primary N) is 1. The summed E-state index contributed by atoms with van der Waals surface area (Å²) in [5.41, 5.74) is 6.63. The normalized spacial score (nSPS) is 12.9. The van der Waals surface area contributed by atoms with Crippen LogP contribution in [0.25, 0.3) is 0 Å². The van der Waals surface area contributed by atoms with E-state index in [1.165, 1.54) is 0 Å². The average molecular weight is 248 g/mol. The van der Waals surface area contributed by atoms with Gasteiger partial charge in [0.05, 0.1) is 6.04 Å².